The van der Waals surface area contributed by atoms with Crippen LogP contribution in [0.1, 0.15) is 44.6 Å². The molecule has 0 saturated carbocycles. The lowest BCUT2D eigenvalue weighted by atomic mass is 9.73. The van der Waals surface area contributed by atoms with Gasteiger partial charge in [-0.25, -0.2) is 0 Å². The molecule has 2 amide bonds. The highest BCUT2D eigenvalue weighted by Gasteiger charge is 2.44. The number of hydrogen-bond donors (Lipinski definition) is 1. The van der Waals surface area contributed by atoms with Gasteiger partial charge >= 0.3 is 0 Å². The summed E-state index contributed by atoms with van der Waals surface area (Å²) in [7, 11) is 0. The van der Waals surface area contributed by atoms with Gasteiger partial charge in [0.15, 0.2) is 0 Å². The van der Waals surface area contributed by atoms with Crippen molar-refractivity contribution in [3.63, 3.8) is 0 Å². The molecule has 1 fully saturated rings. The molecule has 1 N–H and O–H groups in total. The third-order valence-electron chi connectivity index (χ3n) is 6.81. The van der Waals surface area contributed by atoms with Crippen LogP contribution in [0.5, 0.6) is 0 Å². The molecule has 2 aliphatic rings. The summed E-state index contributed by atoms with van der Waals surface area (Å²) in [5, 5.41) is 3.07. The molecular formula is C27H33N3O2. The minimum Gasteiger partial charge on any atom is -0.356 e. The molecule has 2 aromatic rings. The number of nitrogens with zero attached hydrogens (tertiary/aromatic N) is 2. The number of amides is 2. The van der Waals surface area contributed by atoms with Crippen molar-refractivity contribution in [3.8, 4) is 11.1 Å². The molecule has 2 atom stereocenters. The zero-order valence-electron chi connectivity index (χ0n) is 18.9. The molecule has 4 rings (SSSR count). The van der Waals surface area contributed by atoms with Crippen molar-refractivity contribution in [2.45, 2.75) is 45.4 Å². The van der Waals surface area contributed by atoms with E-state index in [0.717, 1.165) is 55.3 Å². The van der Waals surface area contributed by atoms with Gasteiger partial charge in [-0.1, -0.05) is 36.4 Å². The van der Waals surface area contributed by atoms with E-state index in [4.69, 9.17) is 0 Å². The summed E-state index contributed by atoms with van der Waals surface area (Å²) < 4.78 is 0. The molecule has 0 spiro atoms. The van der Waals surface area contributed by atoms with Crippen molar-refractivity contribution in [1.29, 1.82) is 0 Å². The first-order valence-electron chi connectivity index (χ1n) is 11.8. The third-order valence-corrected chi connectivity index (χ3v) is 6.81. The monoisotopic (exact) mass is 431 g/mol. The van der Waals surface area contributed by atoms with Crippen LogP contribution in [0.3, 0.4) is 0 Å². The van der Waals surface area contributed by atoms with Gasteiger partial charge in [-0.15, -0.1) is 0 Å². The van der Waals surface area contributed by atoms with E-state index < -0.39 is 5.41 Å². The van der Waals surface area contributed by atoms with Crippen LogP contribution < -0.4 is 5.32 Å². The number of allylic oxidation sites excluding steroid dienone is 2. The molecule has 5 nitrogen and oxygen atoms in total. The third kappa shape index (κ3) is 4.93. The first kappa shape index (κ1) is 22.3. The lowest BCUT2D eigenvalue weighted by molar-refractivity contribution is -0.144. The quantitative estimate of drug-likeness (QED) is 0.690. The zero-order chi connectivity index (χ0) is 22.4. The molecule has 32 heavy (non-hydrogen) atoms. The Morgan fingerprint density at radius 2 is 2.00 bits per heavy atom. The van der Waals surface area contributed by atoms with E-state index in [0.29, 0.717) is 19.5 Å². The van der Waals surface area contributed by atoms with Crippen LogP contribution in [0.2, 0.25) is 0 Å². The van der Waals surface area contributed by atoms with Gasteiger partial charge in [-0.05, 0) is 74.3 Å². The van der Waals surface area contributed by atoms with Gasteiger partial charge in [-0.2, -0.15) is 0 Å². The second kappa shape index (κ2) is 10.1. The van der Waals surface area contributed by atoms with Crippen molar-refractivity contribution in [1.82, 2.24) is 15.2 Å². The fourth-order valence-corrected chi connectivity index (χ4v) is 5.15. The van der Waals surface area contributed by atoms with Crippen molar-refractivity contribution < 1.29 is 9.59 Å². The van der Waals surface area contributed by atoms with Crippen LogP contribution in [0, 0.1) is 11.3 Å². The Morgan fingerprint density at radius 1 is 1.16 bits per heavy atom. The first-order chi connectivity index (χ1) is 15.6. The van der Waals surface area contributed by atoms with Crippen LogP contribution in [0.4, 0.5) is 0 Å². The number of pyridine rings is 1. The van der Waals surface area contributed by atoms with Crippen LogP contribution in [0.25, 0.3) is 11.1 Å². The molecule has 168 valence electrons. The minimum absolute atomic E-state index is 0.0556. The van der Waals surface area contributed by atoms with Crippen LogP contribution >= 0.6 is 0 Å². The predicted molar refractivity (Wildman–Crippen MR) is 127 cm³/mol. The second-order valence-electron chi connectivity index (χ2n) is 9.10. The van der Waals surface area contributed by atoms with E-state index in [-0.39, 0.29) is 17.7 Å². The minimum atomic E-state index is -0.592. The Kier molecular flexibility index (Phi) is 7.03. The summed E-state index contributed by atoms with van der Waals surface area (Å²) in [6.45, 7) is 3.80. The van der Waals surface area contributed by atoms with Crippen LogP contribution in [-0.2, 0) is 16.0 Å². The molecular weight excluding hydrogens is 398 g/mol. The summed E-state index contributed by atoms with van der Waals surface area (Å²) in [5.41, 5.74) is 2.76. The van der Waals surface area contributed by atoms with Crippen molar-refractivity contribution in [2.75, 3.05) is 19.6 Å². The van der Waals surface area contributed by atoms with Crippen LogP contribution in [-0.4, -0.2) is 41.3 Å². The largest absolute Gasteiger partial charge is 0.356 e. The number of piperidine rings is 1. The van der Waals surface area contributed by atoms with Gasteiger partial charge in [0.1, 0.15) is 0 Å². The molecule has 1 aromatic heterocycles. The maximum atomic E-state index is 13.4. The molecule has 1 aliphatic heterocycles. The van der Waals surface area contributed by atoms with Gasteiger partial charge in [0.25, 0.3) is 0 Å². The number of carbonyl (C=O) groups is 2. The number of aromatic nitrogens is 1. The Labute approximate surface area is 190 Å². The lowest BCUT2D eigenvalue weighted by Crippen LogP contribution is -2.55. The molecule has 2 heterocycles. The Hall–Kier alpha value is -2.95. The van der Waals surface area contributed by atoms with E-state index in [1.54, 1.807) is 12.4 Å². The normalized spacial score (nSPS) is 23.0. The van der Waals surface area contributed by atoms with E-state index >= 15 is 0 Å². The highest BCUT2D eigenvalue weighted by Crippen LogP contribution is 2.36. The Morgan fingerprint density at radius 3 is 2.75 bits per heavy atom. The van der Waals surface area contributed by atoms with Crippen molar-refractivity contribution in [2.24, 2.45) is 11.3 Å². The maximum absolute atomic E-state index is 13.4. The molecule has 1 aliphatic carbocycles. The first-order valence-corrected chi connectivity index (χ1v) is 11.8. The zero-order valence-corrected chi connectivity index (χ0v) is 18.9. The fraction of sp³-hybridized carbons (Fsp3) is 0.444. The van der Waals surface area contributed by atoms with Gasteiger partial charge in [0.2, 0.25) is 11.8 Å². The lowest BCUT2D eigenvalue weighted by Gasteiger charge is -2.43. The SMILES string of the molecule is CCNC(=O)[C@]1(Cc2cccc(-c3ccncc3)c2)CCCN(C(=O)[C@H]2CC=CCC2)C1. The summed E-state index contributed by atoms with van der Waals surface area (Å²) in [5.74, 6) is 0.337. The molecule has 5 heteroatoms. The average Bonchev–Trinajstić information content (AvgIpc) is 2.85. The number of hydrogen-bond acceptors (Lipinski definition) is 3. The van der Waals surface area contributed by atoms with Crippen LogP contribution in [0.15, 0.2) is 60.9 Å². The average molecular weight is 432 g/mol. The standard InChI is InChI=1S/C27H33N3O2/c1-2-29-26(32)27(14-7-17-30(20-27)25(31)23-9-4-3-5-10-23)19-21-8-6-11-24(18-21)22-12-15-28-16-13-22/h3-4,6,8,11-13,15-16,18,23H,2,5,7,9-10,14,17,19-20H2,1H3,(H,29,32)/t23-,27-/m0/s1. The Balaban J connectivity index is 1.59. The number of nitrogens with one attached hydrogen (secondary N) is 1. The van der Waals surface area contributed by atoms with Gasteiger partial charge in [0.05, 0.1) is 5.41 Å². The number of likely N-dealkylation sites (tertiary alicyclic amines) is 1. The highest BCUT2D eigenvalue weighted by molar-refractivity contribution is 5.85. The number of carbonyl (C=O) groups excluding carboxylic acids is 2. The fourth-order valence-electron chi connectivity index (χ4n) is 5.15. The van der Waals surface area contributed by atoms with E-state index in [1.165, 1.54) is 0 Å². The number of benzene rings is 1. The molecule has 0 unspecified atom stereocenters. The van der Waals surface area contributed by atoms with E-state index in [9.17, 15) is 9.59 Å². The van der Waals surface area contributed by atoms with Gasteiger partial charge in [-0.3, -0.25) is 14.6 Å². The molecule has 0 bridgehead atoms. The van der Waals surface area contributed by atoms with E-state index in [2.05, 4.69) is 46.7 Å². The topological polar surface area (TPSA) is 62.3 Å². The highest BCUT2D eigenvalue weighted by atomic mass is 16.2. The molecule has 0 radical (unpaired) electrons. The molecule has 1 aromatic carbocycles. The van der Waals surface area contributed by atoms with Crippen molar-refractivity contribution >= 4 is 11.8 Å². The van der Waals surface area contributed by atoms with Gasteiger partial charge < -0.3 is 10.2 Å². The summed E-state index contributed by atoms with van der Waals surface area (Å²) in [4.78, 5) is 32.7. The van der Waals surface area contributed by atoms with E-state index in [1.807, 2.05) is 24.0 Å². The summed E-state index contributed by atoms with van der Waals surface area (Å²) >= 11 is 0. The molecule has 1 saturated heterocycles. The predicted octanol–water partition coefficient (Wildman–Crippen LogP) is 4.39. The Bertz CT molecular complexity index is 972. The summed E-state index contributed by atoms with van der Waals surface area (Å²) in [6, 6.07) is 12.4. The maximum Gasteiger partial charge on any atom is 0.228 e. The smallest absolute Gasteiger partial charge is 0.228 e. The second-order valence-corrected chi connectivity index (χ2v) is 9.10. The van der Waals surface area contributed by atoms with Gasteiger partial charge in [0, 0.05) is 37.9 Å². The number of rotatable bonds is 6. The van der Waals surface area contributed by atoms with Crippen molar-refractivity contribution in [3.05, 3.63) is 66.5 Å². The summed E-state index contributed by atoms with van der Waals surface area (Å²) in [6.07, 6.45) is 12.9.